The summed E-state index contributed by atoms with van der Waals surface area (Å²) in [6.45, 7) is 11.0. The predicted octanol–water partition coefficient (Wildman–Crippen LogP) is 4.35. The van der Waals surface area contributed by atoms with Crippen molar-refractivity contribution in [1.29, 1.82) is 0 Å². The van der Waals surface area contributed by atoms with Gasteiger partial charge in [0.1, 0.15) is 0 Å². The zero-order valence-corrected chi connectivity index (χ0v) is 13.8. The molecule has 0 aliphatic heterocycles. The zero-order chi connectivity index (χ0) is 15.4. The second-order valence-electron chi connectivity index (χ2n) is 7.06. The summed E-state index contributed by atoms with van der Waals surface area (Å²) in [5, 5.41) is 6.55. The van der Waals surface area contributed by atoms with E-state index in [1.165, 1.54) is 0 Å². The van der Waals surface area contributed by atoms with E-state index in [0.717, 1.165) is 12.0 Å². The Kier molecular flexibility index (Phi) is 5.46. The van der Waals surface area contributed by atoms with Gasteiger partial charge in [-0.2, -0.15) is 0 Å². The molecule has 2 N–H and O–H groups in total. The lowest BCUT2D eigenvalue weighted by Crippen LogP contribution is -2.49. The molecular formula is C16H25ClN2O. The SMILES string of the molecule is CC(C)(C)CC(C)(C)NC(=O)NCc1cccc(Cl)c1. The molecule has 1 rings (SSSR count). The molecule has 0 heterocycles. The van der Waals surface area contributed by atoms with E-state index in [2.05, 4.69) is 31.4 Å². The maximum Gasteiger partial charge on any atom is 0.315 e. The van der Waals surface area contributed by atoms with Crippen molar-refractivity contribution >= 4 is 17.6 Å². The summed E-state index contributed by atoms with van der Waals surface area (Å²) in [7, 11) is 0. The predicted molar refractivity (Wildman–Crippen MR) is 85.0 cm³/mol. The number of hydrogen-bond donors (Lipinski definition) is 2. The van der Waals surface area contributed by atoms with Gasteiger partial charge in [-0.25, -0.2) is 4.79 Å². The van der Waals surface area contributed by atoms with Crippen LogP contribution in [0.3, 0.4) is 0 Å². The Morgan fingerprint density at radius 2 is 1.85 bits per heavy atom. The number of carbonyl (C=O) groups is 1. The molecule has 112 valence electrons. The summed E-state index contributed by atoms with van der Waals surface area (Å²) in [4.78, 5) is 11.9. The Labute approximate surface area is 127 Å². The Balaban J connectivity index is 2.47. The number of amides is 2. The highest BCUT2D eigenvalue weighted by Gasteiger charge is 2.26. The van der Waals surface area contributed by atoms with Crippen LogP contribution in [0.15, 0.2) is 24.3 Å². The van der Waals surface area contributed by atoms with Crippen molar-refractivity contribution in [3.05, 3.63) is 34.9 Å². The van der Waals surface area contributed by atoms with Crippen LogP contribution in [0.5, 0.6) is 0 Å². The zero-order valence-electron chi connectivity index (χ0n) is 13.0. The lowest BCUT2D eigenvalue weighted by molar-refractivity contribution is 0.210. The third-order valence-corrected chi connectivity index (χ3v) is 3.00. The van der Waals surface area contributed by atoms with Crippen LogP contribution < -0.4 is 10.6 Å². The van der Waals surface area contributed by atoms with Gasteiger partial charge in [0, 0.05) is 17.1 Å². The summed E-state index contributed by atoms with van der Waals surface area (Å²) < 4.78 is 0. The van der Waals surface area contributed by atoms with Gasteiger partial charge in [-0.15, -0.1) is 0 Å². The number of rotatable bonds is 4. The fourth-order valence-corrected chi connectivity index (χ4v) is 2.76. The summed E-state index contributed by atoms with van der Waals surface area (Å²) >= 11 is 5.91. The highest BCUT2D eigenvalue weighted by Crippen LogP contribution is 2.26. The number of benzene rings is 1. The molecular weight excluding hydrogens is 272 g/mol. The molecule has 0 bridgehead atoms. The molecule has 2 amide bonds. The van der Waals surface area contributed by atoms with Crippen LogP contribution in [0.1, 0.15) is 46.6 Å². The van der Waals surface area contributed by atoms with Crippen molar-refractivity contribution in [1.82, 2.24) is 10.6 Å². The van der Waals surface area contributed by atoms with Crippen LogP contribution >= 0.6 is 11.6 Å². The van der Waals surface area contributed by atoms with E-state index in [4.69, 9.17) is 11.6 Å². The summed E-state index contributed by atoms with van der Waals surface area (Å²) in [5.41, 5.74) is 0.918. The van der Waals surface area contributed by atoms with Crippen LogP contribution in [-0.2, 0) is 6.54 Å². The molecule has 0 radical (unpaired) electrons. The molecule has 1 aromatic rings. The standard InChI is InChI=1S/C16H25ClN2O/c1-15(2,3)11-16(4,5)19-14(20)18-10-12-7-6-8-13(17)9-12/h6-9H,10-11H2,1-5H3,(H2,18,19,20). The van der Waals surface area contributed by atoms with Gasteiger partial charge in [-0.05, 0) is 43.4 Å². The smallest absolute Gasteiger partial charge is 0.315 e. The van der Waals surface area contributed by atoms with Crippen LogP contribution in [-0.4, -0.2) is 11.6 Å². The first-order chi connectivity index (χ1) is 9.07. The Morgan fingerprint density at radius 3 is 2.40 bits per heavy atom. The Hall–Kier alpha value is -1.22. The quantitative estimate of drug-likeness (QED) is 0.852. The summed E-state index contributed by atoms with van der Waals surface area (Å²) in [5.74, 6) is 0. The molecule has 0 spiro atoms. The first kappa shape index (κ1) is 16.8. The molecule has 4 heteroatoms. The van der Waals surface area contributed by atoms with Crippen molar-refractivity contribution in [2.24, 2.45) is 5.41 Å². The van der Waals surface area contributed by atoms with Crippen molar-refractivity contribution in [2.75, 3.05) is 0 Å². The molecule has 0 aromatic heterocycles. The lowest BCUT2D eigenvalue weighted by atomic mass is 9.82. The fourth-order valence-electron chi connectivity index (χ4n) is 2.55. The van der Waals surface area contributed by atoms with E-state index in [1.807, 2.05) is 38.1 Å². The van der Waals surface area contributed by atoms with Gasteiger partial charge < -0.3 is 10.6 Å². The second kappa shape index (κ2) is 6.49. The maximum absolute atomic E-state index is 11.9. The molecule has 0 unspecified atom stereocenters. The Bertz CT molecular complexity index is 464. The topological polar surface area (TPSA) is 41.1 Å². The molecule has 0 aliphatic carbocycles. The summed E-state index contributed by atoms with van der Waals surface area (Å²) in [6, 6.07) is 7.33. The van der Waals surface area contributed by atoms with Crippen molar-refractivity contribution in [2.45, 2.75) is 53.1 Å². The van der Waals surface area contributed by atoms with E-state index < -0.39 is 0 Å². The number of hydrogen-bond acceptors (Lipinski definition) is 1. The number of urea groups is 1. The minimum absolute atomic E-state index is 0.153. The molecule has 0 fully saturated rings. The molecule has 0 aliphatic rings. The summed E-state index contributed by atoms with van der Waals surface area (Å²) in [6.07, 6.45) is 0.907. The van der Waals surface area contributed by atoms with Gasteiger partial charge >= 0.3 is 6.03 Å². The van der Waals surface area contributed by atoms with Gasteiger partial charge in [0.05, 0.1) is 0 Å². The van der Waals surface area contributed by atoms with E-state index in [-0.39, 0.29) is 17.0 Å². The van der Waals surface area contributed by atoms with E-state index in [9.17, 15) is 4.79 Å². The van der Waals surface area contributed by atoms with E-state index in [1.54, 1.807) is 0 Å². The number of nitrogens with one attached hydrogen (secondary N) is 2. The molecule has 0 saturated heterocycles. The first-order valence-corrected chi connectivity index (χ1v) is 7.26. The van der Waals surface area contributed by atoms with Crippen LogP contribution in [0, 0.1) is 5.41 Å². The van der Waals surface area contributed by atoms with Gasteiger partial charge in [-0.1, -0.05) is 44.5 Å². The maximum atomic E-state index is 11.9. The lowest BCUT2D eigenvalue weighted by Gasteiger charge is -2.33. The molecule has 20 heavy (non-hydrogen) atoms. The fraction of sp³-hybridized carbons (Fsp3) is 0.562. The monoisotopic (exact) mass is 296 g/mol. The van der Waals surface area contributed by atoms with Crippen molar-refractivity contribution in [3.8, 4) is 0 Å². The van der Waals surface area contributed by atoms with Gasteiger partial charge in [0.25, 0.3) is 0 Å². The number of halogens is 1. The van der Waals surface area contributed by atoms with Gasteiger partial charge in [-0.3, -0.25) is 0 Å². The minimum Gasteiger partial charge on any atom is -0.334 e. The average Bonchev–Trinajstić information content (AvgIpc) is 2.22. The average molecular weight is 297 g/mol. The van der Waals surface area contributed by atoms with Crippen LogP contribution in [0.2, 0.25) is 5.02 Å². The molecule has 0 saturated carbocycles. The Morgan fingerprint density at radius 1 is 1.20 bits per heavy atom. The van der Waals surface area contributed by atoms with E-state index >= 15 is 0 Å². The van der Waals surface area contributed by atoms with Crippen LogP contribution in [0.25, 0.3) is 0 Å². The molecule has 0 atom stereocenters. The number of carbonyl (C=O) groups excluding carboxylic acids is 1. The first-order valence-electron chi connectivity index (χ1n) is 6.88. The minimum atomic E-state index is -0.239. The third-order valence-electron chi connectivity index (χ3n) is 2.77. The van der Waals surface area contributed by atoms with E-state index in [0.29, 0.717) is 11.6 Å². The second-order valence-corrected chi connectivity index (χ2v) is 7.50. The molecule has 3 nitrogen and oxygen atoms in total. The van der Waals surface area contributed by atoms with Gasteiger partial charge in [0.2, 0.25) is 0 Å². The van der Waals surface area contributed by atoms with Gasteiger partial charge in [0.15, 0.2) is 0 Å². The highest BCUT2D eigenvalue weighted by atomic mass is 35.5. The largest absolute Gasteiger partial charge is 0.334 e. The third kappa shape index (κ3) is 6.80. The van der Waals surface area contributed by atoms with Crippen molar-refractivity contribution in [3.63, 3.8) is 0 Å². The van der Waals surface area contributed by atoms with Crippen LogP contribution in [0.4, 0.5) is 4.79 Å². The molecule has 1 aromatic carbocycles. The van der Waals surface area contributed by atoms with Crippen molar-refractivity contribution < 1.29 is 4.79 Å². The normalized spacial score (nSPS) is 12.1. The highest BCUT2D eigenvalue weighted by molar-refractivity contribution is 6.30.